The summed E-state index contributed by atoms with van der Waals surface area (Å²) in [6.07, 6.45) is 0.478. The van der Waals surface area contributed by atoms with Gasteiger partial charge in [0.15, 0.2) is 0 Å². The third-order valence-corrected chi connectivity index (χ3v) is 4.00. The van der Waals surface area contributed by atoms with Crippen molar-refractivity contribution >= 4 is 15.9 Å². The Bertz CT molecular complexity index is 492. The predicted octanol–water partition coefficient (Wildman–Crippen LogP) is 2.81. The van der Waals surface area contributed by atoms with E-state index in [0.29, 0.717) is 24.3 Å². The molecule has 1 aromatic carbocycles. The molecule has 1 saturated heterocycles. The third kappa shape index (κ3) is 2.76. The van der Waals surface area contributed by atoms with Crippen LogP contribution in [0.2, 0.25) is 0 Å². The molecule has 2 atom stereocenters. The number of hydrogen-bond acceptors (Lipinski definition) is 4. The van der Waals surface area contributed by atoms with Gasteiger partial charge in [-0.2, -0.15) is 5.26 Å². The maximum atomic E-state index is 10.6. The number of ether oxygens (including phenoxy) is 2. The molecule has 0 spiro atoms. The quantitative estimate of drug-likeness (QED) is 0.928. The highest BCUT2D eigenvalue weighted by molar-refractivity contribution is 9.10. The zero-order chi connectivity index (χ0) is 13.9. The Morgan fingerprint density at radius 2 is 2.37 bits per heavy atom. The van der Waals surface area contributed by atoms with Gasteiger partial charge in [0, 0.05) is 16.6 Å². The molecule has 1 aliphatic heterocycles. The summed E-state index contributed by atoms with van der Waals surface area (Å²) in [5.74, 6) is 0.580. The van der Waals surface area contributed by atoms with Crippen LogP contribution in [0, 0.1) is 16.7 Å². The largest absolute Gasteiger partial charge is 0.496 e. The molecule has 0 amide bonds. The van der Waals surface area contributed by atoms with Gasteiger partial charge in [0.2, 0.25) is 0 Å². The Morgan fingerprint density at radius 1 is 1.58 bits per heavy atom. The number of aliphatic hydroxyl groups is 1. The van der Waals surface area contributed by atoms with E-state index in [-0.39, 0.29) is 6.61 Å². The first-order valence-electron chi connectivity index (χ1n) is 6.13. The van der Waals surface area contributed by atoms with Crippen molar-refractivity contribution in [2.24, 2.45) is 5.41 Å². The second-order valence-corrected chi connectivity index (χ2v) is 5.63. The molecule has 1 heterocycles. The lowest BCUT2D eigenvalue weighted by atomic mass is 9.76. The number of benzene rings is 1. The molecule has 0 radical (unpaired) electrons. The summed E-state index contributed by atoms with van der Waals surface area (Å²) in [6, 6.07) is 7.64. The van der Waals surface area contributed by atoms with E-state index in [1.165, 1.54) is 0 Å². The van der Waals surface area contributed by atoms with Gasteiger partial charge in [-0.05, 0) is 31.0 Å². The van der Waals surface area contributed by atoms with Crippen LogP contribution in [0.1, 0.15) is 24.5 Å². The molecule has 0 aliphatic carbocycles. The maximum Gasteiger partial charge on any atom is 0.124 e. The number of nitriles is 1. The van der Waals surface area contributed by atoms with Crippen LogP contribution in [0.4, 0.5) is 0 Å². The van der Waals surface area contributed by atoms with Gasteiger partial charge in [-0.3, -0.25) is 0 Å². The average molecular weight is 326 g/mol. The summed E-state index contributed by atoms with van der Waals surface area (Å²) >= 11 is 3.38. The number of aliphatic hydroxyl groups excluding tert-OH is 1. The van der Waals surface area contributed by atoms with Crippen LogP contribution in [0.15, 0.2) is 22.7 Å². The van der Waals surface area contributed by atoms with E-state index in [0.717, 1.165) is 10.9 Å². The molecule has 0 saturated carbocycles. The van der Waals surface area contributed by atoms with Crippen molar-refractivity contribution in [1.82, 2.24) is 0 Å². The molecule has 1 N–H and O–H groups in total. The van der Waals surface area contributed by atoms with Gasteiger partial charge < -0.3 is 14.6 Å². The van der Waals surface area contributed by atoms with E-state index in [1.807, 2.05) is 6.07 Å². The molecule has 5 heteroatoms. The summed E-state index contributed by atoms with van der Waals surface area (Å²) < 4.78 is 11.5. The fourth-order valence-corrected chi connectivity index (χ4v) is 2.78. The van der Waals surface area contributed by atoms with Crippen LogP contribution >= 0.6 is 15.9 Å². The zero-order valence-electron chi connectivity index (χ0n) is 10.7. The fraction of sp³-hybridized carbons (Fsp3) is 0.500. The van der Waals surface area contributed by atoms with Crippen molar-refractivity contribution in [1.29, 1.82) is 5.26 Å². The molecule has 1 aromatic rings. The minimum Gasteiger partial charge on any atom is -0.496 e. The molecule has 1 aliphatic rings. The fourth-order valence-electron chi connectivity index (χ4n) is 2.40. The predicted molar refractivity (Wildman–Crippen MR) is 73.8 cm³/mol. The molecule has 2 rings (SSSR count). The van der Waals surface area contributed by atoms with E-state index in [2.05, 4.69) is 22.0 Å². The highest BCUT2D eigenvalue weighted by Gasteiger charge is 2.42. The van der Waals surface area contributed by atoms with Crippen LogP contribution < -0.4 is 4.74 Å². The van der Waals surface area contributed by atoms with Crippen molar-refractivity contribution in [2.75, 3.05) is 20.3 Å². The van der Waals surface area contributed by atoms with Gasteiger partial charge in [-0.15, -0.1) is 0 Å². The van der Waals surface area contributed by atoms with Crippen LogP contribution in [-0.4, -0.2) is 25.4 Å². The van der Waals surface area contributed by atoms with Gasteiger partial charge >= 0.3 is 0 Å². The van der Waals surface area contributed by atoms with E-state index in [9.17, 15) is 10.4 Å². The normalized spacial score (nSPS) is 24.5. The summed E-state index contributed by atoms with van der Waals surface area (Å²) in [5, 5.41) is 20.1. The lowest BCUT2D eigenvalue weighted by Crippen LogP contribution is -2.36. The van der Waals surface area contributed by atoms with Crippen LogP contribution in [0.3, 0.4) is 0 Å². The number of rotatable bonds is 3. The van der Waals surface area contributed by atoms with Crippen molar-refractivity contribution in [3.8, 4) is 11.8 Å². The highest BCUT2D eigenvalue weighted by atomic mass is 79.9. The molecule has 0 bridgehead atoms. The number of nitrogens with zero attached hydrogens (tertiary/aromatic N) is 1. The minimum atomic E-state index is -0.926. The lowest BCUT2D eigenvalue weighted by molar-refractivity contribution is -0.0512. The first kappa shape index (κ1) is 14.3. The van der Waals surface area contributed by atoms with Gasteiger partial charge in [-0.1, -0.05) is 15.9 Å². The molecule has 0 aromatic heterocycles. The van der Waals surface area contributed by atoms with Crippen molar-refractivity contribution in [3.05, 3.63) is 28.2 Å². The molecular weight excluding hydrogens is 310 g/mol. The topological polar surface area (TPSA) is 62.5 Å². The first-order valence-corrected chi connectivity index (χ1v) is 6.93. The van der Waals surface area contributed by atoms with E-state index < -0.39 is 11.5 Å². The smallest absolute Gasteiger partial charge is 0.124 e. The van der Waals surface area contributed by atoms with Crippen molar-refractivity contribution in [2.45, 2.75) is 18.9 Å². The molecule has 102 valence electrons. The van der Waals surface area contributed by atoms with Gasteiger partial charge in [0.25, 0.3) is 0 Å². The Morgan fingerprint density at radius 3 is 2.95 bits per heavy atom. The summed E-state index contributed by atoms with van der Waals surface area (Å²) in [5.41, 5.74) is -0.282. The van der Waals surface area contributed by atoms with Crippen LogP contribution in [0.5, 0.6) is 5.75 Å². The van der Waals surface area contributed by atoms with E-state index in [4.69, 9.17) is 9.47 Å². The van der Waals surface area contributed by atoms with Crippen molar-refractivity contribution in [3.63, 3.8) is 0 Å². The van der Waals surface area contributed by atoms with Crippen LogP contribution in [-0.2, 0) is 4.74 Å². The van der Waals surface area contributed by atoms with Crippen LogP contribution in [0.25, 0.3) is 0 Å². The monoisotopic (exact) mass is 325 g/mol. The van der Waals surface area contributed by atoms with E-state index in [1.54, 1.807) is 19.2 Å². The minimum absolute atomic E-state index is 0.250. The van der Waals surface area contributed by atoms with Crippen molar-refractivity contribution < 1.29 is 14.6 Å². The van der Waals surface area contributed by atoms with E-state index >= 15 is 0 Å². The standard InChI is InChI=1S/C14H16BrNO3/c1-18-12-4-3-10(15)7-11(12)13(17)14(8-16)5-2-6-19-9-14/h3-4,7,13,17H,2,5-6,9H2,1H3. The molecule has 1 fully saturated rings. The summed E-state index contributed by atoms with van der Waals surface area (Å²) in [6.45, 7) is 0.895. The maximum absolute atomic E-state index is 10.6. The Labute approximate surface area is 121 Å². The SMILES string of the molecule is COc1ccc(Br)cc1C(O)C1(C#N)CCCOC1. The Hall–Kier alpha value is -1.09. The Kier molecular flexibility index (Phi) is 4.46. The Balaban J connectivity index is 2.39. The number of halogens is 1. The second kappa shape index (κ2) is 5.91. The first-order chi connectivity index (χ1) is 9.13. The molecule has 2 unspecified atom stereocenters. The summed E-state index contributed by atoms with van der Waals surface area (Å²) in [7, 11) is 1.55. The summed E-state index contributed by atoms with van der Waals surface area (Å²) in [4.78, 5) is 0. The highest BCUT2D eigenvalue weighted by Crippen LogP contribution is 2.43. The molecule has 19 heavy (non-hydrogen) atoms. The third-order valence-electron chi connectivity index (χ3n) is 3.50. The lowest BCUT2D eigenvalue weighted by Gasteiger charge is -2.35. The second-order valence-electron chi connectivity index (χ2n) is 4.71. The number of hydrogen-bond donors (Lipinski definition) is 1. The van der Waals surface area contributed by atoms with Gasteiger partial charge in [0.1, 0.15) is 17.3 Å². The molecular formula is C14H16BrNO3. The molecule has 4 nitrogen and oxygen atoms in total. The zero-order valence-corrected chi connectivity index (χ0v) is 12.3. The van der Waals surface area contributed by atoms with Gasteiger partial charge in [0.05, 0.1) is 19.8 Å². The van der Waals surface area contributed by atoms with Gasteiger partial charge in [-0.25, -0.2) is 0 Å². The number of methoxy groups -OCH3 is 1. The average Bonchev–Trinajstić information content (AvgIpc) is 2.47.